The molecule has 0 aromatic carbocycles. The highest BCUT2D eigenvalue weighted by atomic mass is 35.5. The van der Waals surface area contributed by atoms with E-state index in [9.17, 15) is 0 Å². The van der Waals surface area contributed by atoms with Crippen LogP contribution < -0.4 is 5.32 Å². The number of nitrogens with zero attached hydrogens (tertiary/aromatic N) is 2. The van der Waals surface area contributed by atoms with E-state index in [1.807, 2.05) is 18.5 Å². The third-order valence-corrected chi connectivity index (χ3v) is 3.49. The molecule has 0 spiro atoms. The summed E-state index contributed by atoms with van der Waals surface area (Å²) in [4.78, 5) is 0. The number of hydrogen-bond acceptors (Lipinski definition) is 4. The predicted octanol–water partition coefficient (Wildman–Crippen LogP) is 1.37. The van der Waals surface area contributed by atoms with E-state index in [1.54, 1.807) is 0 Å². The highest BCUT2D eigenvalue weighted by Gasteiger charge is 2.16. The molecule has 2 rings (SSSR count). The van der Waals surface area contributed by atoms with E-state index < -0.39 is 0 Å². The number of nitrogens with one attached hydrogen (secondary N) is 1. The van der Waals surface area contributed by atoms with Crippen LogP contribution in [0.3, 0.4) is 0 Å². The van der Waals surface area contributed by atoms with Crippen LogP contribution in [0.2, 0.25) is 5.02 Å². The molecule has 18 heavy (non-hydrogen) atoms. The van der Waals surface area contributed by atoms with Crippen LogP contribution in [-0.2, 0) is 22.6 Å². The van der Waals surface area contributed by atoms with Gasteiger partial charge in [-0.05, 0) is 13.8 Å². The molecule has 0 amide bonds. The van der Waals surface area contributed by atoms with Gasteiger partial charge in [0.25, 0.3) is 0 Å². The minimum Gasteiger partial charge on any atom is -0.373 e. The Bertz CT molecular complexity index is 389. The molecule has 1 unspecified atom stereocenters. The maximum atomic E-state index is 6.21. The van der Waals surface area contributed by atoms with Gasteiger partial charge in [-0.15, -0.1) is 0 Å². The number of ether oxygens (including phenoxy) is 2. The number of aromatic nitrogens is 2. The molecule has 1 aromatic rings. The topological polar surface area (TPSA) is 48.3 Å². The summed E-state index contributed by atoms with van der Waals surface area (Å²) in [5.41, 5.74) is 1.80. The van der Waals surface area contributed by atoms with Crippen LogP contribution in [0.5, 0.6) is 0 Å². The van der Waals surface area contributed by atoms with Crippen LogP contribution in [0.1, 0.15) is 18.3 Å². The molecule has 5 nitrogen and oxygen atoms in total. The molecule has 2 heterocycles. The van der Waals surface area contributed by atoms with Gasteiger partial charge in [0.05, 0.1) is 42.3 Å². The number of morpholine rings is 1. The van der Waals surface area contributed by atoms with Gasteiger partial charge in [-0.3, -0.25) is 4.68 Å². The number of halogens is 1. The van der Waals surface area contributed by atoms with Crippen LogP contribution in [0.4, 0.5) is 0 Å². The molecule has 1 aliphatic heterocycles. The quantitative estimate of drug-likeness (QED) is 0.880. The Morgan fingerprint density at radius 3 is 3.11 bits per heavy atom. The zero-order chi connectivity index (χ0) is 13.0. The van der Waals surface area contributed by atoms with Crippen molar-refractivity contribution in [3.8, 4) is 0 Å². The van der Waals surface area contributed by atoms with Crippen molar-refractivity contribution < 1.29 is 9.47 Å². The summed E-state index contributed by atoms with van der Waals surface area (Å²) >= 11 is 6.21. The summed E-state index contributed by atoms with van der Waals surface area (Å²) in [7, 11) is 0. The lowest BCUT2D eigenvalue weighted by Crippen LogP contribution is -2.41. The van der Waals surface area contributed by atoms with Gasteiger partial charge in [-0.1, -0.05) is 11.6 Å². The van der Waals surface area contributed by atoms with Crippen LogP contribution in [0.15, 0.2) is 0 Å². The van der Waals surface area contributed by atoms with Crippen molar-refractivity contribution in [2.24, 2.45) is 0 Å². The van der Waals surface area contributed by atoms with E-state index in [1.165, 1.54) is 0 Å². The molecular formula is C12H20ClN3O2. The number of rotatable bonds is 5. The normalized spacial score (nSPS) is 20.3. The average molecular weight is 274 g/mol. The van der Waals surface area contributed by atoms with Crippen molar-refractivity contribution in [2.75, 3.05) is 26.3 Å². The second-order valence-electron chi connectivity index (χ2n) is 4.37. The van der Waals surface area contributed by atoms with E-state index in [0.29, 0.717) is 18.2 Å². The molecule has 0 saturated carbocycles. The van der Waals surface area contributed by atoms with E-state index in [0.717, 1.165) is 37.6 Å². The lowest BCUT2D eigenvalue weighted by molar-refractivity contribution is -0.0368. The van der Waals surface area contributed by atoms with Gasteiger partial charge in [0.2, 0.25) is 0 Å². The average Bonchev–Trinajstić information content (AvgIpc) is 2.67. The summed E-state index contributed by atoms with van der Waals surface area (Å²) < 4.78 is 13.1. The molecule has 1 aliphatic rings. The Kier molecular flexibility index (Phi) is 5.00. The van der Waals surface area contributed by atoms with Crippen LogP contribution in [0, 0.1) is 6.92 Å². The highest BCUT2D eigenvalue weighted by molar-refractivity contribution is 6.31. The molecule has 1 fully saturated rings. The van der Waals surface area contributed by atoms with Crippen molar-refractivity contribution in [1.82, 2.24) is 15.1 Å². The zero-order valence-electron chi connectivity index (χ0n) is 10.9. The molecule has 0 bridgehead atoms. The van der Waals surface area contributed by atoms with Gasteiger partial charge >= 0.3 is 0 Å². The van der Waals surface area contributed by atoms with Gasteiger partial charge in [-0.2, -0.15) is 5.10 Å². The molecule has 1 N–H and O–H groups in total. The van der Waals surface area contributed by atoms with Crippen molar-refractivity contribution in [3.63, 3.8) is 0 Å². The lowest BCUT2D eigenvalue weighted by atomic mass is 10.3. The lowest BCUT2D eigenvalue weighted by Gasteiger charge is -2.23. The summed E-state index contributed by atoms with van der Waals surface area (Å²) in [5, 5.41) is 8.34. The van der Waals surface area contributed by atoms with Gasteiger partial charge in [0.1, 0.15) is 0 Å². The first-order chi connectivity index (χ1) is 8.72. The highest BCUT2D eigenvalue weighted by Crippen LogP contribution is 2.21. The van der Waals surface area contributed by atoms with Gasteiger partial charge in [0, 0.05) is 19.6 Å². The Balaban J connectivity index is 1.85. The summed E-state index contributed by atoms with van der Waals surface area (Å²) in [6.45, 7) is 8.33. The summed E-state index contributed by atoms with van der Waals surface area (Å²) in [5.74, 6) is 0. The van der Waals surface area contributed by atoms with Gasteiger partial charge in [0.15, 0.2) is 0 Å². The van der Waals surface area contributed by atoms with Crippen molar-refractivity contribution in [1.29, 1.82) is 0 Å². The minimum absolute atomic E-state index is 0.136. The predicted molar refractivity (Wildman–Crippen MR) is 69.9 cm³/mol. The van der Waals surface area contributed by atoms with Crippen LogP contribution in [-0.4, -0.2) is 42.2 Å². The third kappa shape index (κ3) is 3.23. The Morgan fingerprint density at radius 2 is 2.44 bits per heavy atom. The van der Waals surface area contributed by atoms with Crippen molar-refractivity contribution in [2.45, 2.75) is 33.1 Å². The van der Waals surface area contributed by atoms with E-state index in [-0.39, 0.29) is 6.10 Å². The number of hydrogen-bond donors (Lipinski definition) is 1. The first-order valence-electron chi connectivity index (χ1n) is 6.34. The van der Waals surface area contributed by atoms with Crippen molar-refractivity contribution >= 4 is 11.6 Å². The molecule has 0 radical (unpaired) electrons. The minimum atomic E-state index is 0.136. The molecule has 1 atom stereocenters. The van der Waals surface area contributed by atoms with E-state index in [2.05, 4.69) is 10.4 Å². The first kappa shape index (κ1) is 13.8. The standard InChI is InChI=1S/C12H20ClN3O2/c1-3-16-11(12(13)9(2)15-16)8-17-7-10-6-14-4-5-18-10/h10,14H,3-8H2,1-2H3. The monoisotopic (exact) mass is 273 g/mol. The Morgan fingerprint density at radius 1 is 1.61 bits per heavy atom. The fourth-order valence-corrected chi connectivity index (χ4v) is 2.21. The zero-order valence-corrected chi connectivity index (χ0v) is 11.7. The largest absolute Gasteiger partial charge is 0.373 e. The van der Waals surface area contributed by atoms with Crippen molar-refractivity contribution in [3.05, 3.63) is 16.4 Å². The molecule has 1 saturated heterocycles. The SMILES string of the molecule is CCn1nc(C)c(Cl)c1COCC1CNCCO1. The van der Waals surface area contributed by atoms with Gasteiger partial charge in [-0.25, -0.2) is 0 Å². The van der Waals surface area contributed by atoms with Crippen LogP contribution >= 0.6 is 11.6 Å². The van der Waals surface area contributed by atoms with Crippen LogP contribution in [0.25, 0.3) is 0 Å². The third-order valence-electron chi connectivity index (χ3n) is 3.00. The second-order valence-corrected chi connectivity index (χ2v) is 4.75. The number of aryl methyl sites for hydroxylation is 2. The summed E-state index contributed by atoms with van der Waals surface area (Å²) in [6.07, 6.45) is 0.136. The molecule has 0 aliphatic carbocycles. The first-order valence-corrected chi connectivity index (χ1v) is 6.72. The molecule has 6 heteroatoms. The smallest absolute Gasteiger partial charge is 0.0933 e. The fourth-order valence-electron chi connectivity index (χ4n) is 2.02. The fraction of sp³-hybridized carbons (Fsp3) is 0.750. The molecule has 102 valence electrons. The Hall–Kier alpha value is -0.620. The summed E-state index contributed by atoms with van der Waals surface area (Å²) in [6, 6.07) is 0. The second kappa shape index (κ2) is 6.52. The van der Waals surface area contributed by atoms with Gasteiger partial charge < -0.3 is 14.8 Å². The maximum Gasteiger partial charge on any atom is 0.0933 e. The Labute approximate surface area is 112 Å². The van der Waals surface area contributed by atoms with E-state index in [4.69, 9.17) is 21.1 Å². The maximum absolute atomic E-state index is 6.21. The molecule has 1 aromatic heterocycles. The molecular weight excluding hydrogens is 254 g/mol. The van der Waals surface area contributed by atoms with E-state index >= 15 is 0 Å².